The Morgan fingerprint density at radius 3 is 2.53 bits per heavy atom. The maximum atomic E-state index is 12.1. The van der Waals surface area contributed by atoms with E-state index in [-0.39, 0.29) is 23.5 Å². The SMILES string of the molecule is NC(=O)C1CCCN(CC(=O)N2CCC(=O)CC2)C1. The van der Waals surface area contributed by atoms with Crippen LogP contribution in [0.2, 0.25) is 0 Å². The summed E-state index contributed by atoms with van der Waals surface area (Å²) in [6, 6.07) is 0. The summed E-state index contributed by atoms with van der Waals surface area (Å²) in [5, 5.41) is 0. The van der Waals surface area contributed by atoms with Gasteiger partial charge in [0.25, 0.3) is 0 Å². The third-order valence-corrected chi connectivity index (χ3v) is 3.94. The molecule has 0 aromatic rings. The molecule has 0 saturated carbocycles. The molecular formula is C13H21N3O3. The first-order valence-electron chi connectivity index (χ1n) is 6.87. The summed E-state index contributed by atoms with van der Waals surface area (Å²) in [5.41, 5.74) is 5.32. The Hall–Kier alpha value is -1.43. The average molecular weight is 267 g/mol. The van der Waals surface area contributed by atoms with Crippen LogP contribution >= 0.6 is 0 Å². The number of rotatable bonds is 3. The number of hydrogen-bond acceptors (Lipinski definition) is 4. The standard InChI is InChI=1S/C13H21N3O3/c14-13(19)10-2-1-5-15(8-10)9-12(18)16-6-3-11(17)4-7-16/h10H,1-9H2,(H2,14,19). The van der Waals surface area contributed by atoms with Crippen molar-refractivity contribution in [3.05, 3.63) is 0 Å². The predicted molar refractivity (Wildman–Crippen MR) is 69.2 cm³/mol. The number of likely N-dealkylation sites (tertiary alicyclic amines) is 2. The first-order valence-corrected chi connectivity index (χ1v) is 6.87. The van der Waals surface area contributed by atoms with E-state index >= 15 is 0 Å². The molecule has 2 amide bonds. The maximum absolute atomic E-state index is 12.1. The molecule has 1 atom stereocenters. The van der Waals surface area contributed by atoms with E-state index < -0.39 is 0 Å². The van der Waals surface area contributed by atoms with Gasteiger partial charge in [-0.05, 0) is 19.4 Å². The minimum Gasteiger partial charge on any atom is -0.369 e. The lowest BCUT2D eigenvalue weighted by Gasteiger charge is -2.33. The molecular weight excluding hydrogens is 246 g/mol. The highest BCUT2D eigenvalue weighted by atomic mass is 16.2. The van der Waals surface area contributed by atoms with Gasteiger partial charge in [-0.2, -0.15) is 0 Å². The van der Waals surface area contributed by atoms with Gasteiger partial charge in [-0.3, -0.25) is 19.3 Å². The fourth-order valence-electron chi connectivity index (χ4n) is 2.73. The monoisotopic (exact) mass is 267 g/mol. The van der Waals surface area contributed by atoms with Gasteiger partial charge >= 0.3 is 0 Å². The summed E-state index contributed by atoms with van der Waals surface area (Å²) in [6.07, 6.45) is 2.66. The molecule has 6 heteroatoms. The van der Waals surface area contributed by atoms with Crippen LogP contribution in [0.4, 0.5) is 0 Å². The maximum Gasteiger partial charge on any atom is 0.236 e. The second-order valence-corrected chi connectivity index (χ2v) is 5.40. The highest BCUT2D eigenvalue weighted by Crippen LogP contribution is 2.16. The Kier molecular flexibility index (Phi) is 4.52. The van der Waals surface area contributed by atoms with Gasteiger partial charge in [0, 0.05) is 32.5 Å². The fourth-order valence-corrected chi connectivity index (χ4v) is 2.73. The summed E-state index contributed by atoms with van der Waals surface area (Å²) in [4.78, 5) is 38.2. The van der Waals surface area contributed by atoms with Crippen molar-refractivity contribution >= 4 is 17.6 Å². The van der Waals surface area contributed by atoms with Crippen molar-refractivity contribution in [2.24, 2.45) is 11.7 Å². The van der Waals surface area contributed by atoms with Crippen LogP contribution in [0, 0.1) is 5.92 Å². The summed E-state index contributed by atoms with van der Waals surface area (Å²) in [7, 11) is 0. The smallest absolute Gasteiger partial charge is 0.236 e. The Balaban J connectivity index is 1.81. The summed E-state index contributed by atoms with van der Waals surface area (Å²) >= 11 is 0. The van der Waals surface area contributed by atoms with E-state index in [2.05, 4.69) is 0 Å². The third-order valence-electron chi connectivity index (χ3n) is 3.94. The summed E-state index contributed by atoms with van der Waals surface area (Å²) < 4.78 is 0. The van der Waals surface area contributed by atoms with E-state index in [0.29, 0.717) is 39.0 Å². The molecule has 1 unspecified atom stereocenters. The molecule has 2 aliphatic heterocycles. The van der Waals surface area contributed by atoms with E-state index in [4.69, 9.17) is 5.73 Å². The van der Waals surface area contributed by atoms with E-state index in [1.807, 2.05) is 4.90 Å². The van der Waals surface area contributed by atoms with Crippen LogP contribution in [0.15, 0.2) is 0 Å². The normalized spacial score (nSPS) is 25.4. The van der Waals surface area contributed by atoms with Crippen molar-refractivity contribution in [2.45, 2.75) is 25.7 Å². The van der Waals surface area contributed by atoms with Gasteiger partial charge in [-0.1, -0.05) is 0 Å². The van der Waals surface area contributed by atoms with Crippen molar-refractivity contribution in [2.75, 3.05) is 32.7 Å². The van der Waals surface area contributed by atoms with Gasteiger partial charge in [-0.15, -0.1) is 0 Å². The number of primary amides is 1. The van der Waals surface area contributed by atoms with E-state index in [1.165, 1.54) is 0 Å². The molecule has 19 heavy (non-hydrogen) atoms. The topological polar surface area (TPSA) is 83.7 Å². The van der Waals surface area contributed by atoms with E-state index in [1.54, 1.807) is 4.90 Å². The van der Waals surface area contributed by atoms with Crippen LogP contribution in [-0.4, -0.2) is 60.1 Å². The van der Waals surface area contributed by atoms with Crippen LogP contribution in [0.3, 0.4) is 0 Å². The van der Waals surface area contributed by atoms with Crippen LogP contribution in [-0.2, 0) is 14.4 Å². The number of ketones is 1. The van der Waals surface area contributed by atoms with Crippen LogP contribution in [0.5, 0.6) is 0 Å². The molecule has 0 aromatic carbocycles. The number of carbonyl (C=O) groups is 3. The van der Waals surface area contributed by atoms with Crippen molar-refractivity contribution < 1.29 is 14.4 Å². The van der Waals surface area contributed by atoms with Crippen molar-refractivity contribution in [1.82, 2.24) is 9.80 Å². The average Bonchev–Trinajstić information content (AvgIpc) is 2.39. The van der Waals surface area contributed by atoms with Gasteiger partial charge in [-0.25, -0.2) is 0 Å². The Bertz CT molecular complexity index is 373. The number of Topliss-reactive ketones (excluding diaryl/α,β-unsaturated/α-hetero) is 1. The number of nitrogens with zero attached hydrogens (tertiary/aromatic N) is 2. The minimum absolute atomic E-state index is 0.0534. The molecule has 0 radical (unpaired) electrons. The van der Waals surface area contributed by atoms with Crippen molar-refractivity contribution in [3.63, 3.8) is 0 Å². The lowest BCUT2D eigenvalue weighted by molar-refractivity contribution is -0.137. The second kappa shape index (κ2) is 6.14. The van der Waals surface area contributed by atoms with Gasteiger partial charge < -0.3 is 10.6 Å². The largest absolute Gasteiger partial charge is 0.369 e. The minimum atomic E-state index is -0.277. The zero-order valence-electron chi connectivity index (χ0n) is 11.1. The van der Waals surface area contributed by atoms with Gasteiger partial charge in [0.2, 0.25) is 11.8 Å². The molecule has 2 heterocycles. The lowest BCUT2D eigenvalue weighted by Crippen LogP contribution is -2.48. The van der Waals surface area contributed by atoms with Gasteiger partial charge in [0.1, 0.15) is 5.78 Å². The summed E-state index contributed by atoms with van der Waals surface area (Å²) in [5.74, 6) is -0.126. The molecule has 2 saturated heterocycles. The Morgan fingerprint density at radius 1 is 1.21 bits per heavy atom. The molecule has 2 aliphatic rings. The van der Waals surface area contributed by atoms with Gasteiger partial charge in [0.15, 0.2) is 0 Å². The van der Waals surface area contributed by atoms with Crippen LogP contribution < -0.4 is 5.73 Å². The quantitative estimate of drug-likeness (QED) is 0.738. The molecule has 0 aliphatic carbocycles. The molecule has 106 valence electrons. The van der Waals surface area contributed by atoms with Crippen LogP contribution in [0.1, 0.15) is 25.7 Å². The molecule has 0 bridgehead atoms. The third kappa shape index (κ3) is 3.76. The fraction of sp³-hybridized carbons (Fsp3) is 0.769. The first kappa shape index (κ1) is 14.0. The van der Waals surface area contributed by atoms with Crippen molar-refractivity contribution in [3.8, 4) is 0 Å². The highest BCUT2D eigenvalue weighted by Gasteiger charge is 2.27. The molecule has 2 rings (SSSR count). The number of carbonyl (C=O) groups excluding carboxylic acids is 3. The highest BCUT2D eigenvalue weighted by molar-refractivity contribution is 5.84. The van der Waals surface area contributed by atoms with Crippen molar-refractivity contribution in [1.29, 1.82) is 0 Å². The molecule has 6 nitrogen and oxygen atoms in total. The molecule has 2 N–H and O–H groups in total. The molecule has 2 fully saturated rings. The Labute approximate surface area is 112 Å². The second-order valence-electron chi connectivity index (χ2n) is 5.40. The number of amides is 2. The zero-order valence-corrected chi connectivity index (χ0v) is 11.1. The number of hydrogen-bond donors (Lipinski definition) is 1. The Morgan fingerprint density at radius 2 is 1.89 bits per heavy atom. The molecule has 0 spiro atoms. The number of nitrogens with two attached hydrogens (primary N) is 1. The molecule has 0 aromatic heterocycles. The van der Waals surface area contributed by atoms with Crippen LogP contribution in [0.25, 0.3) is 0 Å². The number of piperidine rings is 2. The first-order chi connectivity index (χ1) is 9.06. The van der Waals surface area contributed by atoms with E-state index in [0.717, 1.165) is 19.4 Å². The van der Waals surface area contributed by atoms with Gasteiger partial charge in [0.05, 0.1) is 12.5 Å². The zero-order chi connectivity index (χ0) is 13.8. The predicted octanol–water partition coefficient (Wildman–Crippen LogP) is -0.625. The van der Waals surface area contributed by atoms with E-state index in [9.17, 15) is 14.4 Å². The lowest BCUT2D eigenvalue weighted by atomic mass is 9.97. The summed E-state index contributed by atoms with van der Waals surface area (Å²) in [6.45, 7) is 2.81.